The van der Waals surface area contributed by atoms with E-state index >= 15 is 0 Å². The molecule has 28 heavy (non-hydrogen) atoms. The molecule has 0 atom stereocenters. The number of carbonyl (C=O) groups excluding carboxylic acids is 1. The second kappa shape index (κ2) is 8.99. The number of phenols is 1. The standard InChI is InChI=1S/C23H32N2O2S/c1-22(2,3)17-14-16(15-18(20(17)26)23(4,5)6)21(27)25-12-9-13-28-19-10-7-8-11-24-19/h7-8,10-11,14-15,26H,9,12-13H2,1-6H3,(H,25,27). The maximum absolute atomic E-state index is 12.7. The zero-order valence-corrected chi connectivity index (χ0v) is 18.6. The molecule has 1 amide bonds. The average molecular weight is 401 g/mol. The molecule has 1 aromatic heterocycles. The number of nitrogens with one attached hydrogen (secondary N) is 1. The van der Waals surface area contributed by atoms with Crippen molar-refractivity contribution >= 4 is 17.7 Å². The third kappa shape index (κ3) is 5.99. The Kier molecular flexibility index (Phi) is 7.16. The normalized spacial score (nSPS) is 12.1. The molecule has 0 aliphatic rings. The highest BCUT2D eigenvalue weighted by atomic mass is 32.2. The summed E-state index contributed by atoms with van der Waals surface area (Å²) in [6, 6.07) is 9.51. The van der Waals surface area contributed by atoms with E-state index in [9.17, 15) is 9.90 Å². The summed E-state index contributed by atoms with van der Waals surface area (Å²) in [4.78, 5) is 17.0. The number of nitrogens with zero attached hydrogens (tertiary/aromatic N) is 1. The molecular weight excluding hydrogens is 368 g/mol. The van der Waals surface area contributed by atoms with Gasteiger partial charge < -0.3 is 10.4 Å². The van der Waals surface area contributed by atoms with Crippen molar-refractivity contribution in [1.29, 1.82) is 0 Å². The molecule has 152 valence electrons. The quantitative estimate of drug-likeness (QED) is 0.510. The van der Waals surface area contributed by atoms with Crippen LogP contribution < -0.4 is 5.32 Å². The molecule has 0 fully saturated rings. The second-order valence-electron chi connectivity index (χ2n) is 9.05. The summed E-state index contributed by atoms with van der Waals surface area (Å²) in [5.41, 5.74) is 1.70. The van der Waals surface area contributed by atoms with Crippen LogP contribution in [0.4, 0.5) is 0 Å². The van der Waals surface area contributed by atoms with Crippen LogP contribution in [0.2, 0.25) is 0 Å². The van der Waals surface area contributed by atoms with Gasteiger partial charge in [-0.15, -0.1) is 11.8 Å². The summed E-state index contributed by atoms with van der Waals surface area (Å²) in [5.74, 6) is 1.09. The van der Waals surface area contributed by atoms with E-state index in [1.165, 1.54) is 0 Å². The van der Waals surface area contributed by atoms with Gasteiger partial charge in [-0.05, 0) is 41.5 Å². The Morgan fingerprint density at radius 3 is 2.18 bits per heavy atom. The highest BCUT2D eigenvalue weighted by molar-refractivity contribution is 7.99. The fraction of sp³-hybridized carbons (Fsp3) is 0.478. The van der Waals surface area contributed by atoms with Crippen molar-refractivity contribution in [1.82, 2.24) is 10.3 Å². The van der Waals surface area contributed by atoms with E-state index in [1.807, 2.05) is 71.9 Å². The van der Waals surface area contributed by atoms with E-state index in [-0.39, 0.29) is 16.7 Å². The smallest absolute Gasteiger partial charge is 0.251 e. The Bertz CT molecular complexity index is 771. The van der Waals surface area contributed by atoms with Crippen molar-refractivity contribution in [2.45, 2.75) is 63.8 Å². The number of thioether (sulfide) groups is 1. The Labute approximate surface area is 173 Å². The molecule has 0 aliphatic carbocycles. The van der Waals surface area contributed by atoms with Gasteiger partial charge in [0.2, 0.25) is 0 Å². The van der Waals surface area contributed by atoms with E-state index in [4.69, 9.17) is 0 Å². The first-order valence-corrected chi connectivity index (χ1v) is 10.7. The highest BCUT2D eigenvalue weighted by Crippen LogP contribution is 2.39. The average Bonchev–Trinajstić information content (AvgIpc) is 2.60. The number of aromatic hydroxyl groups is 1. The minimum absolute atomic E-state index is 0.0983. The number of pyridine rings is 1. The number of carbonyl (C=O) groups is 1. The SMILES string of the molecule is CC(C)(C)c1cc(C(=O)NCCCSc2ccccn2)cc(C(C)(C)C)c1O. The summed E-state index contributed by atoms with van der Waals surface area (Å²) in [7, 11) is 0. The Hall–Kier alpha value is -2.01. The second-order valence-corrected chi connectivity index (χ2v) is 10.2. The van der Waals surface area contributed by atoms with Gasteiger partial charge in [-0.1, -0.05) is 47.6 Å². The van der Waals surface area contributed by atoms with Gasteiger partial charge in [0.1, 0.15) is 5.75 Å². The molecule has 0 unspecified atom stereocenters. The van der Waals surface area contributed by atoms with Crippen LogP contribution in [-0.4, -0.2) is 28.3 Å². The lowest BCUT2D eigenvalue weighted by Crippen LogP contribution is -2.26. The number of amides is 1. The van der Waals surface area contributed by atoms with Crippen molar-refractivity contribution in [3.05, 3.63) is 53.2 Å². The maximum atomic E-state index is 12.7. The van der Waals surface area contributed by atoms with E-state index in [0.29, 0.717) is 17.9 Å². The highest BCUT2D eigenvalue weighted by Gasteiger charge is 2.27. The Morgan fingerprint density at radius 2 is 1.68 bits per heavy atom. The van der Waals surface area contributed by atoms with Gasteiger partial charge in [0.05, 0.1) is 5.03 Å². The van der Waals surface area contributed by atoms with Gasteiger partial charge in [0.25, 0.3) is 5.91 Å². The molecule has 1 heterocycles. The minimum atomic E-state index is -0.250. The van der Waals surface area contributed by atoms with Gasteiger partial charge in [-0.2, -0.15) is 0 Å². The molecule has 0 aliphatic heterocycles. The van der Waals surface area contributed by atoms with Crippen molar-refractivity contribution in [3.63, 3.8) is 0 Å². The zero-order valence-electron chi connectivity index (χ0n) is 17.8. The number of benzene rings is 1. The van der Waals surface area contributed by atoms with Crippen LogP contribution in [0.15, 0.2) is 41.6 Å². The van der Waals surface area contributed by atoms with Crippen LogP contribution in [0.1, 0.15) is 69.4 Å². The molecule has 5 heteroatoms. The molecule has 2 rings (SSSR count). The number of aromatic nitrogens is 1. The first kappa shape index (κ1) is 22.3. The van der Waals surface area contributed by atoms with E-state index < -0.39 is 0 Å². The van der Waals surface area contributed by atoms with E-state index in [1.54, 1.807) is 18.0 Å². The lowest BCUT2D eigenvalue weighted by Gasteiger charge is -2.28. The van der Waals surface area contributed by atoms with Crippen LogP contribution in [0.5, 0.6) is 5.75 Å². The number of phenolic OH excluding ortho intramolecular Hbond substituents is 1. The third-order valence-electron chi connectivity index (χ3n) is 4.48. The Morgan fingerprint density at radius 1 is 1.07 bits per heavy atom. The molecule has 0 bridgehead atoms. The van der Waals surface area contributed by atoms with Crippen LogP contribution in [0.3, 0.4) is 0 Å². The number of hydrogen-bond donors (Lipinski definition) is 2. The van der Waals surface area contributed by atoms with Gasteiger partial charge in [0, 0.05) is 35.2 Å². The molecule has 1 aromatic carbocycles. The predicted octanol–water partition coefficient (Wildman–Crippen LogP) is 5.29. The molecule has 2 N–H and O–H groups in total. The summed E-state index contributed by atoms with van der Waals surface area (Å²) >= 11 is 1.69. The monoisotopic (exact) mass is 400 g/mol. The summed E-state index contributed by atoms with van der Waals surface area (Å²) in [6.45, 7) is 12.9. The molecule has 2 aromatic rings. The van der Waals surface area contributed by atoms with Gasteiger partial charge in [-0.25, -0.2) is 4.98 Å². The molecule has 0 saturated heterocycles. The van der Waals surface area contributed by atoms with Crippen molar-refractivity contribution in [2.75, 3.05) is 12.3 Å². The van der Waals surface area contributed by atoms with Crippen molar-refractivity contribution in [2.24, 2.45) is 0 Å². The van der Waals surface area contributed by atoms with E-state index in [0.717, 1.165) is 28.3 Å². The minimum Gasteiger partial charge on any atom is -0.507 e. The zero-order chi connectivity index (χ0) is 20.9. The summed E-state index contributed by atoms with van der Waals surface area (Å²) in [5, 5.41) is 14.8. The maximum Gasteiger partial charge on any atom is 0.251 e. The topological polar surface area (TPSA) is 62.2 Å². The largest absolute Gasteiger partial charge is 0.507 e. The van der Waals surface area contributed by atoms with Crippen molar-refractivity contribution < 1.29 is 9.90 Å². The number of hydrogen-bond acceptors (Lipinski definition) is 4. The van der Waals surface area contributed by atoms with Crippen LogP contribution in [-0.2, 0) is 10.8 Å². The molecule has 0 saturated carbocycles. The molecule has 4 nitrogen and oxygen atoms in total. The molecule has 0 spiro atoms. The third-order valence-corrected chi connectivity index (χ3v) is 5.51. The lowest BCUT2D eigenvalue weighted by molar-refractivity contribution is 0.0953. The van der Waals surface area contributed by atoms with Gasteiger partial charge in [-0.3, -0.25) is 4.79 Å². The molecular formula is C23H32N2O2S. The first-order valence-electron chi connectivity index (χ1n) is 9.70. The first-order chi connectivity index (χ1) is 13.0. The van der Waals surface area contributed by atoms with E-state index in [2.05, 4.69) is 10.3 Å². The van der Waals surface area contributed by atoms with Gasteiger partial charge in [0.15, 0.2) is 0 Å². The summed E-state index contributed by atoms with van der Waals surface area (Å²) in [6.07, 6.45) is 2.65. The predicted molar refractivity (Wildman–Crippen MR) is 117 cm³/mol. The number of rotatable bonds is 6. The van der Waals surface area contributed by atoms with Crippen LogP contribution >= 0.6 is 11.8 Å². The van der Waals surface area contributed by atoms with Crippen molar-refractivity contribution in [3.8, 4) is 5.75 Å². The van der Waals surface area contributed by atoms with Gasteiger partial charge >= 0.3 is 0 Å². The summed E-state index contributed by atoms with van der Waals surface area (Å²) < 4.78 is 0. The van der Waals surface area contributed by atoms with Crippen LogP contribution in [0, 0.1) is 0 Å². The van der Waals surface area contributed by atoms with Crippen LogP contribution in [0.25, 0.3) is 0 Å². The fourth-order valence-corrected chi connectivity index (χ4v) is 3.70. The Balaban J connectivity index is 2.05. The molecule has 0 radical (unpaired) electrons. The lowest BCUT2D eigenvalue weighted by atomic mass is 9.78. The fourth-order valence-electron chi connectivity index (χ4n) is 2.89.